The first-order chi connectivity index (χ1) is 8.75. The van der Waals surface area contributed by atoms with Crippen LogP contribution in [0.4, 0.5) is 0 Å². The third-order valence-electron chi connectivity index (χ3n) is 2.98. The second kappa shape index (κ2) is 4.42. The zero-order valence-corrected chi connectivity index (χ0v) is 11.1. The molecule has 0 bridgehead atoms. The maximum atomic E-state index is 9.28. The molecule has 0 aliphatic heterocycles. The molecule has 2 nitrogen and oxygen atoms in total. The Labute approximate surface area is 113 Å². The van der Waals surface area contributed by atoms with E-state index in [0.717, 1.165) is 20.3 Å². The van der Waals surface area contributed by atoms with Crippen molar-refractivity contribution in [2.24, 2.45) is 0 Å². The Morgan fingerprint density at radius 1 is 0.889 bits per heavy atom. The molecule has 18 heavy (non-hydrogen) atoms. The lowest BCUT2D eigenvalue weighted by Crippen LogP contribution is -2.27. The number of pyridine rings is 1. The zero-order chi connectivity index (χ0) is 12.5. The highest BCUT2D eigenvalue weighted by atomic mass is 79.9. The number of aromatic nitrogens is 1. The molecule has 3 rings (SSSR count). The lowest BCUT2D eigenvalue weighted by molar-refractivity contribution is -0.904. The number of hydrogen-bond acceptors (Lipinski definition) is 1. The number of halogens is 1. The van der Waals surface area contributed by atoms with Crippen molar-refractivity contribution in [2.75, 3.05) is 0 Å². The van der Waals surface area contributed by atoms with Crippen molar-refractivity contribution in [3.63, 3.8) is 0 Å². The molecule has 2 aromatic carbocycles. The van der Waals surface area contributed by atoms with Crippen molar-refractivity contribution in [2.45, 2.75) is 0 Å². The minimum atomic E-state index is 1.05. The molecule has 0 fully saturated rings. The Morgan fingerprint density at radius 3 is 2.28 bits per heavy atom. The zero-order valence-electron chi connectivity index (χ0n) is 9.55. The molecule has 88 valence electrons. The number of nitrogens with zero attached hydrogens (tertiary/aromatic N) is 1. The Morgan fingerprint density at radius 2 is 1.56 bits per heavy atom. The Bertz CT molecular complexity index is 702. The minimum absolute atomic E-state index is 1.05. The first-order valence-corrected chi connectivity index (χ1v) is 6.43. The van der Waals surface area contributed by atoms with Crippen LogP contribution in [0.15, 0.2) is 65.4 Å². The van der Waals surface area contributed by atoms with E-state index in [1.807, 2.05) is 30.3 Å². The molecule has 1 aromatic heterocycles. The van der Waals surface area contributed by atoms with Crippen LogP contribution in [0.1, 0.15) is 0 Å². The van der Waals surface area contributed by atoms with Gasteiger partial charge in [0.25, 0.3) is 0 Å². The van der Waals surface area contributed by atoms with Crippen molar-refractivity contribution in [3.8, 4) is 11.1 Å². The van der Waals surface area contributed by atoms with Crippen molar-refractivity contribution < 1.29 is 9.94 Å². The topological polar surface area (TPSA) is 24.1 Å². The van der Waals surface area contributed by atoms with E-state index in [1.54, 1.807) is 12.4 Å². The summed E-state index contributed by atoms with van der Waals surface area (Å²) in [4.78, 5) is 0. The van der Waals surface area contributed by atoms with E-state index in [2.05, 4.69) is 34.1 Å². The Balaban J connectivity index is 2.32. The van der Waals surface area contributed by atoms with Crippen LogP contribution in [0.2, 0.25) is 0 Å². The number of fused-ring (bicyclic) bond motifs is 1. The molecule has 0 atom stereocenters. The molecule has 0 radical (unpaired) electrons. The monoisotopic (exact) mass is 300 g/mol. The summed E-state index contributed by atoms with van der Waals surface area (Å²) in [6, 6.07) is 16.2. The highest BCUT2D eigenvalue weighted by Gasteiger charge is 2.08. The third-order valence-corrected chi connectivity index (χ3v) is 3.64. The quantitative estimate of drug-likeness (QED) is 0.536. The Hall–Kier alpha value is -1.87. The van der Waals surface area contributed by atoms with Gasteiger partial charge in [0.2, 0.25) is 12.4 Å². The van der Waals surface area contributed by atoms with Crippen LogP contribution < -0.4 is 4.73 Å². The van der Waals surface area contributed by atoms with Crippen molar-refractivity contribution >= 4 is 26.7 Å². The maximum absolute atomic E-state index is 9.28. The van der Waals surface area contributed by atoms with E-state index in [-0.39, 0.29) is 0 Å². The summed E-state index contributed by atoms with van der Waals surface area (Å²) in [5.74, 6) is 0. The van der Waals surface area contributed by atoms with E-state index in [9.17, 15) is 5.21 Å². The van der Waals surface area contributed by atoms with Crippen LogP contribution in [-0.4, -0.2) is 5.21 Å². The van der Waals surface area contributed by atoms with Gasteiger partial charge in [0, 0.05) is 26.7 Å². The predicted octanol–water partition coefficient (Wildman–Crippen LogP) is 3.79. The highest BCUT2D eigenvalue weighted by molar-refractivity contribution is 9.10. The molecule has 3 aromatic rings. The first kappa shape index (κ1) is 11.2. The number of rotatable bonds is 1. The van der Waals surface area contributed by atoms with Gasteiger partial charge in [-0.1, -0.05) is 46.3 Å². The lowest BCUT2D eigenvalue weighted by Gasteiger charge is -2.07. The van der Waals surface area contributed by atoms with Crippen LogP contribution in [0.25, 0.3) is 21.9 Å². The van der Waals surface area contributed by atoms with E-state index < -0.39 is 0 Å². The number of benzene rings is 2. The van der Waals surface area contributed by atoms with E-state index in [1.165, 1.54) is 10.8 Å². The normalized spacial score (nSPS) is 10.7. The second-order valence-corrected chi connectivity index (χ2v) is 4.96. The van der Waals surface area contributed by atoms with Crippen molar-refractivity contribution in [1.82, 2.24) is 0 Å². The number of hydrogen-bond donors (Lipinski definition) is 1. The van der Waals surface area contributed by atoms with Crippen LogP contribution in [0.3, 0.4) is 0 Å². The standard InChI is InChI=1S/C15H11BrNO/c16-14-6-2-4-12-3-1-5-13(15(12)14)11-7-9-17(18)10-8-11/h1-10,18H/q+1. The van der Waals surface area contributed by atoms with Gasteiger partial charge in [0.05, 0.1) is 0 Å². The molecule has 0 unspecified atom stereocenters. The van der Waals surface area contributed by atoms with Gasteiger partial charge in [-0.3, -0.25) is 5.21 Å². The molecule has 0 amide bonds. The van der Waals surface area contributed by atoms with Crippen LogP contribution in [0, 0.1) is 0 Å². The van der Waals surface area contributed by atoms with Gasteiger partial charge >= 0.3 is 0 Å². The average Bonchev–Trinajstić information content (AvgIpc) is 2.39. The fourth-order valence-electron chi connectivity index (χ4n) is 2.13. The van der Waals surface area contributed by atoms with E-state index in [4.69, 9.17) is 0 Å². The molecule has 0 saturated carbocycles. The smallest absolute Gasteiger partial charge is 0.222 e. The largest absolute Gasteiger partial charge is 0.285 e. The fourth-order valence-corrected chi connectivity index (χ4v) is 2.73. The van der Waals surface area contributed by atoms with Gasteiger partial charge < -0.3 is 0 Å². The van der Waals surface area contributed by atoms with Gasteiger partial charge in [-0.25, -0.2) is 0 Å². The third kappa shape index (κ3) is 1.87. The molecule has 3 heteroatoms. The summed E-state index contributed by atoms with van der Waals surface area (Å²) in [5, 5.41) is 11.7. The lowest BCUT2D eigenvalue weighted by atomic mass is 9.99. The summed E-state index contributed by atoms with van der Waals surface area (Å²) in [5.41, 5.74) is 2.23. The second-order valence-electron chi connectivity index (χ2n) is 4.11. The van der Waals surface area contributed by atoms with Crippen LogP contribution in [-0.2, 0) is 0 Å². The molecular formula is C15H11BrNO+. The van der Waals surface area contributed by atoms with Gasteiger partial charge in [0.15, 0.2) is 0 Å². The van der Waals surface area contributed by atoms with E-state index in [0.29, 0.717) is 0 Å². The summed E-state index contributed by atoms with van der Waals surface area (Å²) in [6.45, 7) is 0. The SMILES string of the molecule is O[n+]1ccc(-c2cccc3cccc(Br)c23)cc1. The summed E-state index contributed by atoms with van der Waals surface area (Å²) in [7, 11) is 0. The molecule has 0 saturated heterocycles. The van der Waals surface area contributed by atoms with E-state index >= 15 is 0 Å². The predicted molar refractivity (Wildman–Crippen MR) is 74.5 cm³/mol. The van der Waals surface area contributed by atoms with Crippen LogP contribution in [0.5, 0.6) is 0 Å². The molecule has 0 aliphatic rings. The summed E-state index contributed by atoms with van der Waals surface area (Å²) in [6.07, 6.45) is 3.26. The highest BCUT2D eigenvalue weighted by Crippen LogP contribution is 2.33. The molecule has 0 spiro atoms. The van der Waals surface area contributed by atoms with Crippen molar-refractivity contribution in [1.29, 1.82) is 0 Å². The first-order valence-electron chi connectivity index (χ1n) is 5.64. The van der Waals surface area contributed by atoms with Crippen molar-refractivity contribution in [3.05, 3.63) is 65.4 Å². The van der Waals surface area contributed by atoms with Gasteiger partial charge in [-0.05, 0) is 22.6 Å². The van der Waals surface area contributed by atoms with Gasteiger partial charge in [0.1, 0.15) is 0 Å². The summed E-state index contributed by atoms with van der Waals surface area (Å²) < 4.78 is 2.13. The molecule has 1 heterocycles. The molecular weight excluding hydrogens is 290 g/mol. The minimum Gasteiger partial charge on any atom is -0.285 e. The Kier molecular flexibility index (Phi) is 2.76. The average molecular weight is 301 g/mol. The summed E-state index contributed by atoms with van der Waals surface area (Å²) >= 11 is 3.60. The fraction of sp³-hybridized carbons (Fsp3) is 0. The molecule has 1 N–H and O–H groups in total. The van der Waals surface area contributed by atoms with Crippen LogP contribution >= 0.6 is 15.9 Å². The van der Waals surface area contributed by atoms with Gasteiger partial charge in [-0.2, -0.15) is 0 Å². The maximum Gasteiger partial charge on any atom is 0.222 e. The van der Waals surface area contributed by atoms with Gasteiger partial charge in [-0.15, -0.1) is 0 Å². The molecule has 0 aliphatic carbocycles.